The zero-order valence-corrected chi connectivity index (χ0v) is 19.4. The number of hydrogen-bond acceptors (Lipinski definition) is 3. The van der Waals surface area contributed by atoms with Crippen molar-refractivity contribution in [1.82, 2.24) is 0 Å². The minimum atomic E-state index is -5.08. The highest BCUT2D eigenvalue weighted by Gasteiger charge is 2.38. The van der Waals surface area contributed by atoms with E-state index in [1.165, 1.54) is 17.8 Å². The molecule has 1 atom stereocenters. The van der Waals surface area contributed by atoms with Gasteiger partial charge in [-0.25, -0.2) is 0 Å². The Hall–Kier alpha value is -3.47. The predicted octanol–water partition coefficient (Wildman–Crippen LogP) is 7.06. The van der Waals surface area contributed by atoms with Gasteiger partial charge in [-0.2, -0.15) is 26.3 Å². The van der Waals surface area contributed by atoms with Crippen LogP contribution in [-0.4, -0.2) is 17.6 Å². The summed E-state index contributed by atoms with van der Waals surface area (Å²) in [6, 6.07) is 14.3. The number of halogens is 6. The molecule has 0 saturated carbocycles. The van der Waals surface area contributed by atoms with Crippen molar-refractivity contribution < 1.29 is 35.9 Å². The predicted molar refractivity (Wildman–Crippen MR) is 125 cm³/mol. The Labute approximate surface area is 206 Å². The van der Waals surface area contributed by atoms with E-state index in [4.69, 9.17) is 0 Å². The van der Waals surface area contributed by atoms with E-state index in [9.17, 15) is 35.9 Å². The molecular formula is C25H18F6N2O2S. The van der Waals surface area contributed by atoms with Crippen LogP contribution in [0.2, 0.25) is 0 Å². The maximum absolute atomic E-state index is 13.2. The number of rotatable bonds is 4. The Morgan fingerprint density at radius 1 is 0.917 bits per heavy atom. The molecule has 1 fully saturated rings. The molecule has 0 radical (unpaired) electrons. The summed E-state index contributed by atoms with van der Waals surface area (Å²) in [7, 11) is 0. The molecule has 4 nitrogen and oxygen atoms in total. The first-order valence-electron chi connectivity index (χ1n) is 10.6. The largest absolute Gasteiger partial charge is 0.416 e. The summed E-state index contributed by atoms with van der Waals surface area (Å²) in [6.45, 7) is 1.84. The van der Waals surface area contributed by atoms with Gasteiger partial charge in [0.05, 0.1) is 16.9 Å². The summed E-state index contributed by atoms with van der Waals surface area (Å²) < 4.78 is 79.4. The molecule has 4 rings (SSSR count). The van der Waals surface area contributed by atoms with E-state index in [2.05, 4.69) is 5.32 Å². The summed E-state index contributed by atoms with van der Waals surface area (Å²) in [4.78, 5) is 27.2. The number of nitrogens with one attached hydrogen (secondary N) is 1. The van der Waals surface area contributed by atoms with Crippen LogP contribution in [0.3, 0.4) is 0 Å². The van der Waals surface area contributed by atoms with Gasteiger partial charge in [-0.05, 0) is 42.8 Å². The number of hydrogen-bond donors (Lipinski definition) is 1. The summed E-state index contributed by atoms with van der Waals surface area (Å²) in [5, 5.41) is 1.87. The molecule has 1 aliphatic rings. The van der Waals surface area contributed by atoms with Gasteiger partial charge in [0, 0.05) is 22.5 Å². The highest BCUT2D eigenvalue weighted by atomic mass is 32.2. The molecule has 1 saturated heterocycles. The molecular weight excluding hydrogens is 506 g/mol. The number of anilines is 2. The molecule has 2 amide bonds. The Morgan fingerprint density at radius 2 is 1.50 bits per heavy atom. The summed E-state index contributed by atoms with van der Waals surface area (Å²) in [5.74, 6) is -1.16. The standard InChI is InChI=1S/C25H18F6N2O2S/c1-14-6-2-5-9-20(14)33-21(34)13-36-23(33)18-7-3-4-8-19(18)32-22(35)15-10-16(24(26,27)28)12-17(11-15)25(29,30)31/h2-12,23H,13H2,1H3,(H,32,35). The molecule has 0 bridgehead atoms. The molecule has 36 heavy (non-hydrogen) atoms. The molecule has 0 aliphatic carbocycles. The number of thioether (sulfide) groups is 1. The summed E-state index contributed by atoms with van der Waals surface area (Å²) in [6.07, 6.45) is -10.2. The van der Waals surface area contributed by atoms with E-state index >= 15 is 0 Å². The number of alkyl halides is 6. The molecule has 0 spiro atoms. The van der Waals surface area contributed by atoms with E-state index in [0.29, 0.717) is 23.4 Å². The van der Waals surface area contributed by atoms with Crippen molar-refractivity contribution in [1.29, 1.82) is 0 Å². The van der Waals surface area contributed by atoms with Gasteiger partial charge in [-0.15, -0.1) is 11.8 Å². The van der Waals surface area contributed by atoms with Crippen molar-refractivity contribution in [3.05, 3.63) is 94.5 Å². The highest BCUT2D eigenvalue weighted by Crippen LogP contribution is 2.45. The third kappa shape index (κ3) is 5.20. The first-order valence-corrected chi connectivity index (χ1v) is 11.6. The summed E-state index contributed by atoms with van der Waals surface area (Å²) in [5.41, 5.74) is -1.82. The third-order valence-electron chi connectivity index (χ3n) is 5.57. The van der Waals surface area contributed by atoms with Gasteiger partial charge in [0.15, 0.2) is 0 Å². The van der Waals surface area contributed by atoms with Crippen molar-refractivity contribution in [2.45, 2.75) is 24.7 Å². The zero-order valence-electron chi connectivity index (χ0n) is 18.6. The van der Waals surface area contributed by atoms with Crippen LogP contribution in [0.25, 0.3) is 0 Å². The lowest BCUT2D eigenvalue weighted by atomic mass is 10.0. The Kier molecular flexibility index (Phi) is 6.78. The van der Waals surface area contributed by atoms with Crippen LogP contribution in [-0.2, 0) is 17.1 Å². The van der Waals surface area contributed by atoms with Crippen LogP contribution in [0.15, 0.2) is 66.7 Å². The van der Waals surface area contributed by atoms with Crippen LogP contribution in [0.5, 0.6) is 0 Å². The van der Waals surface area contributed by atoms with E-state index in [1.807, 2.05) is 19.1 Å². The number of aryl methyl sites for hydroxylation is 1. The fourth-order valence-corrected chi connectivity index (χ4v) is 5.06. The molecule has 1 heterocycles. The van der Waals surface area contributed by atoms with Gasteiger partial charge in [-0.1, -0.05) is 36.4 Å². The molecule has 3 aromatic rings. The van der Waals surface area contributed by atoms with Crippen LogP contribution in [0.4, 0.5) is 37.7 Å². The third-order valence-corrected chi connectivity index (χ3v) is 6.76. The Morgan fingerprint density at radius 3 is 2.11 bits per heavy atom. The molecule has 1 N–H and O–H groups in total. The average molecular weight is 524 g/mol. The highest BCUT2D eigenvalue weighted by molar-refractivity contribution is 8.00. The van der Waals surface area contributed by atoms with E-state index < -0.39 is 40.3 Å². The van der Waals surface area contributed by atoms with Crippen LogP contribution < -0.4 is 10.2 Å². The second-order valence-electron chi connectivity index (χ2n) is 8.05. The molecule has 188 valence electrons. The lowest BCUT2D eigenvalue weighted by Crippen LogP contribution is -2.29. The molecule has 1 aliphatic heterocycles. The first kappa shape index (κ1) is 25.6. The van der Waals surface area contributed by atoms with Crippen LogP contribution in [0, 0.1) is 6.92 Å². The monoisotopic (exact) mass is 524 g/mol. The Balaban J connectivity index is 1.71. The van der Waals surface area contributed by atoms with Crippen molar-refractivity contribution in [3.8, 4) is 0 Å². The van der Waals surface area contributed by atoms with Crippen LogP contribution >= 0.6 is 11.8 Å². The lowest BCUT2D eigenvalue weighted by Gasteiger charge is -2.27. The van der Waals surface area contributed by atoms with Crippen molar-refractivity contribution >= 4 is 35.0 Å². The second-order valence-corrected chi connectivity index (χ2v) is 9.12. The molecule has 3 aromatic carbocycles. The fraction of sp³-hybridized carbons (Fsp3) is 0.200. The molecule has 11 heteroatoms. The van der Waals surface area contributed by atoms with E-state index in [1.54, 1.807) is 35.2 Å². The smallest absolute Gasteiger partial charge is 0.322 e. The van der Waals surface area contributed by atoms with E-state index in [0.717, 1.165) is 5.56 Å². The molecule has 1 unspecified atom stereocenters. The number of carbonyl (C=O) groups is 2. The van der Waals surface area contributed by atoms with Gasteiger partial charge in [-0.3, -0.25) is 14.5 Å². The Bertz CT molecular complexity index is 1290. The SMILES string of the molecule is Cc1ccccc1N1C(=O)CSC1c1ccccc1NC(=O)c1cc(C(F)(F)F)cc(C(F)(F)F)c1. The number of amides is 2. The number of carbonyl (C=O) groups excluding carboxylic acids is 2. The van der Waals surface area contributed by atoms with Gasteiger partial charge >= 0.3 is 12.4 Å². The summed E-state index contributed by atoms with van der Waals surface area (Å²) >= 11 is 1.29. The van der Waals surface area contributed by atoms with Gasteiger partial charge in [0.2, 0.25) is 5.91 Å². The van der Waals surface area contributed by atoms with Gasteiger partial charge in [0.1, 0.15) is 5.37 Å². The zero-order chi connectivity index (χ0) is 26.3. The minimum absolute atomic E-state index is 0.0361. The minimum Gasteiger partial charge on any atom is -0.322 e. The van der Waals surface area contributed by atoms with Crippen LogP contribution in [0.1, 0.15) is 38.0 Å². The second kappa shape index (κ2) is 9.53. The maximum Gasteiger partial charge on any atom is 0.416 e. The lowest BCUT2D eigenvalue weighted by molar-refractivity contribution is -0.143. The van der Waals surface area contributed by atoms with Gasteiger partial charge in [0.25, 0.3) is 5.91 Å². The van der Waals surface area contributed by atoms with Gasteiger partial charge < -0.3 is 5.32 Å². The van der Waals surface area contributed by atoms with Crippen molar-refractivity contribution in [2.75, 3.05) is 16.0 Å². The number of benzene rings is 3. The topological polar surface area (TPSA) is 49.4 Å². The van der Waals surface area contributed by atoms with Crippen molar-refractivity contribution in [2.24, 2.45) is 0 Å². The van der Waals surface area contributed by atoms with E-state index in [-0.39, 0.29) is 23.4 Å². The first-order chi connectivity index (χ1) is 16.9. The average Bonchev–Trinajstić information content (AvgIpc) is 3.19. The number of nitrogens with zero attached hydrogens (tertiary/aromatic N) is 1. The fourth-order valence-electron chi connectivity index (χ4n) is 3.86. The maximum atomic E-state index is 13.2. The number of para-hydroxylation sites is 2. The van der Waals surface area contributed by atoms with Crippen molar-refractivity contribution in [3.63, 3.8) is 0 Å². The normalized spacial score (nSPS) is 16.4. The molecule has 0 aromatic heterocycles. The quantitative estimate of drug-likeness (QED) is 0.372.